The molecule has 79 heavy (non-hydrogen) atoms. The highest BCUT2D eigenvalue weighted by Crippen LogP contribution is 2.15. The Morgan fingerprint density at radius 3 is 0.810 bits per heavy atom. The molecular formula is C73H120O6. The molecule has 448 valence electrons. The zero-order chi connectivity index (χ0) is 57.1. The standard InChI is InChI=1S/C73H120O6/c1-4-7-10-13-16-19-22-25-28-30-31-32-33-34-35-36-37-38-39-40-41-43-45-48-51-54-57-60-63-66-72(75)78-69-70(68-77-71(74)65-62-59-56-53-50-47-44-27-24-21-18-15-12-9-6-3)79-73(76)67-64-61-58-55-52-49-46-42-29-26-23-20-17-14-11-8-5-2/h7,10,16,18-19,21,25-29,31-32,34-35,37-38,40-41,44-45,48,70H,4-6,8-9,11-15,17,20,22-24,30,33,36,39,42-43,46-47,49-69H2,1-3H3/b10-7-,19-16-,21-18-,28-25-,29-26-,32-31-,35-34-,38-37-,41-40-,44-27-,48-45-. The first-order valence-electron chi connectivity index (χ1n) is 32.7. The number of ether oxygens (including phenoxy) is 3. The summed E-state index contributed by atoms with van der Waals surface area (Å²) in [5, 5.41) is 0. The van der Waals surface area contributed by atoms with Crippen LogP contribution in [-0.4, -0.2) is 37.2 Å². The summed E-state index contributed by atoms with van der Waals surface area (Å²) >= 11 is 0. The molecule has 0 N–H and O–H groups in total. The van der Waals surface area contributed by atoms with Crippen molar-refractivity contribution in [2.45, 2.75) is 297 Å². The first-order valence-corrected chi connectivity index (χ1v) is 32.7. The van der Waals surface area contributed by atoms with Crippen LogP contribution < -0.4 is 0 Å². The molecule has 0 rings (SSSR count). The van der Waals surface area contributed by atoms with Gasteiger partial charge in [-0.1, -0.05) is 264 Å². The second-order valence-electron chi connectivity index (χ2n) is 21.3. The van der Waals surface area contributed by atoms with Crippen molar-refractivity contribution in [1.82, 2.24) is 0 Å². The maximum atomic E-state index is 12.9. The third-order valence-electron chi connectivity index (χ3n) is 13.6. The number of rotatable bonds is 58. The van der Waals surface area contributed by atoms with Gasteiger partial charge < -0.3 is 14.2 Å². The minimum absolute atomic E-state index is 0.0981. The van der Waals surface area contributed by atoms with Crippen LogP contribution in [0.4, 0.5) is 0 Å². The second-order valence-corrected chi connectivity index (χ2v) is 21.3. The van der Waals surface area contributed by atoms with Crippen molar-refractivity contribution in [3.63, 3.8) is 0 Å². The van der Waals surface area contributed by atoms with Crippen molar-refractivity contribution in [1.29, 1.82) is 0 Å². The molecule has 1 atom stereocenters. The van der Waals surface area contributed by atoms with Crippen LogP contribution in [0.15, 0.2) is 134 Å². The maximum absolute atomic E-state index is 12.9. The molecule has 0 saturated heterocycles. The molecule has 0 heterocycles. The summed E-state index contributed by atoms with van der Waals surface area (Å²) in [4.78, 5) is 38.3. The first kappa shape index (κ1) is 74.5. The van der Waals surface area contributed by atoms with Crippen molar-refractivity contribution in [3.05, 3.63) is 134 Å². The predicted molar refractivity (Wildman–Crippen MR) is 343 cm³/mol. The maximum Gasteiger partial charge on any atom is 0.306 e. The molecule has 0 aliphatic carbocycles. The molecule has 0 fully saturated rings. The summed E-state index contributed by atoms with van der Waals surface area (Å²) in [7, 11) is 0. The number of hydrogen-bond acceptors (Lipinski definition) is 6. The van der Waals surface area contributed by atoms with E-state index in [1.165, 1.54) is 103 Å². The van der Waals surface area contributed by atoms with Gasteiger partial charge in [-0.25, -0.2) is 0 Å². The van der Waals surface area contributed by atoms with Crippen LogP contribution in [-0.2, 0) is 28.6 Å². The van der Waals surface area contributed by atoms with E-state index in [-0.39, 0.29) is 31.1 Å². The van der Waals surface area contributed by atoms with Crippen molar-refractivity contribution in [3.8, 4) is 0 Å². The zero-order valence-electron chi connectivity index (χ0n) is 51.3. The van der Waals surface area contributed by atoms with E-state index in [0.29, 0.717) is 19.3 Å². The predicted octanol–water partition coefficient (Wildman–Crippen LogP) is 22.5. The largest absolute Gasteiger partial charge is 0.462 e. The Balaban J connectivity index is 4.42. The normalized spacial score (nSPS) is 13.0. The van der Waals surface area contributed by atoms with Gasteiger partial charge in [-0.15, -0.1) is 0 Å². The summed E-state index contributed by atoms with van der Waals surface area (Å²) in [5.41, 5.74) is 0. The molecule has 0 amide bonds. The van der Waals surface area contributed by atoms with Gasteiger partial charge in [0.2, 0.25) is 0 Å². The van der Waals surface area contributed by atoms with E-state index in [4.69, 9.17) is 14.2 Å². The Kier molecular flexibility index (Phi) is 62.3. The van der Waals surface area contributed by atoms with Crippen LogP contribution >= 0.6 is 0 Å². The quantitative estimate of drug-likeness (QED) is 0.0261. The number of unbranched alkanes of at least 4 members (excludes halogenated alkanes) is 25. The molecule has 6 heteroatoms. The molecule has 0 radical (unpaired) electrons. The van der Waals surface area contributed by atoms with Gasteiger partial charge in [0.1, 0.15) is 13.2 Å². The molecule has 0 spiro atoms. The SMILES string of the molecule is CC/C=C\C/C=C\C/C=C\C/C=C\C/C=C\C/C=C\C/C=C\C/C=C\CCCCCCC(=O)OCC(COC(=O)CCCCCCC/C=C\C/C=C\CCCCC)OC(=O)CCCCCCCCC/C=C\CCCCCCCC. The third-order valence-corrected chi connectivity index (χ3v) is 13.6. The Morgan fingerprint density at radius 1 is 0.266 bits per heavy atom. The lowest BCUT2D eigenvalue weighted by Crippen LogP contribution is -2.30. The van der Waals surface area contributed by atoms with Crippen molar-refractivity contribution in [2.24, 2.45) is 0 Å². The second kappa shape index (κ2) is 66.1. The van der Waals surface area contributed by atoms with E-state index >= 15 is 0 Å². The molecule has 0 aromatic rings. The molecule has 6 nitrogen and oxygen atoms in total. The molecule has 0 bridgehead atoms. The molecule has 0 aromatic heterocycles. The molecule has 0 aliphatic rings. The Bertz CT molecular complexity index is 1680. The van der Waals surface area contributed by atoms with E-state index in [2.05, 4.69) is 154 Å². The van der Waals surface area contributed by atoms with Crippen LogP contribution in [0.25, 0.3) is 0 Å². The summed E-state index contributed by atoms with van der Waals surface area (Å²) in [5.74, 6) is -0.938. The zero-order valence-corrected chi connectivity index (χ0v) is 51.3. The monoisotopic (exact) mass is 1090 g/mol. The molecule has 1 unspecified atom stereocenters. The average Bonchev–Trinajstić information content (AvgIpc) is 3.45. The number of esters is 3. The van der Waals surface area contributed by atoms with E-state index in [0.717, 1.165) is 148 Å². The summed E-state index contributed by atoms with van der Waals surface area (Å²) in [6, 6.07) is 0. The minimum Gasteiger partial charge on any atom is -0.462 e. The number of allylic oxidation sites excluding steroid dienone is 22. The van der Waals surface area contributed by atoms with Crippen molar-refractivity contribution >= 4 is 17.9 Å². The van der Waals surface area contributed by atoms with Crippen LogP contribution in [0.5, 0.6) is 0 Å². The Labute approximate surface area is 487 Å². The van der Waals surface area contributed by atoms with Crippen LogP contribution in [0.2, 0.25) is 0 Å². The highest BCUT2D eigenvalue weighted by molar-refractivity contribution is 5.71. The van der Waals surface area contributed by atoms with E-state index in [1.54, 1.807) is 0 Å². The molecule has 0 aromatic carbocycles. The number of carbonyl (C=O) groups is 3. The number of carbonyl (C=O) groups excluding carboxylic acids is 3. The molecular weight excluding hydrogens is 973 g/mol. The van der Waals surface area contributed by atoms with Gasteiger partial charge >= 0.3 is 17.9 Å². The van der Waals surface area contributed by atoms with Gasteiger partial charge in [0, 0.05) is 19.3 Å². The summed E-state index contributed by atoms with van der Waals surface area (Å²) < 4.78 is 16.9. The van der Waals surface area contributed by atoms with Crippen molar-refractivity contribution < 1.29 is 28.6 Å². The van der Waals surface area contributed by atoms with Gasteiger partial charge in [0.25, 0.3) is 0 Å². The van der Waals surface area contributed by atoms with Gasteiger partial charge in [-0.05, 0) is 141 Å². The van der Waals surface area contributed by atoms with Gasteiger partial charge in [-0.2, -0.15) is 0 Å². The number of hydrogen-bond donors (Lipinski definition) is 0. The summed E-state index contributed by atoms with van der Waals surface area (Å²) in [6.45, 7) is 6.47. The van der Waals surface area contributed by atoms with E-state index in [9.17, 15) is 14.4 Å². The smallest absolute Gasteiger partial charge is 0.306 e. The Hall–Kier alpha value is -4.45. The fraction of sp³-hybridized carbons (Fsp3) is 0.658. The topological polar surface area (TPSA) is 78.9 Å². The molecule has 0 saturated carbocycles. The highest BCUT2D eigenvalue weighted by atomic mass is 16.6. The first-order chi connectivity index (χ1) is 39.0. The lowest BCUT2D eigenvalue weighted by Gasteiger charge is -2.18. The van der Waals surface area contributed by atoms with E-state index < -0.39 is 6.10 Å². The third kappa shape index (κ3) is 64.3. The minimum atomic E-state index is -0.803. The van der Waals surface area contributed by atoms with Crippen LogP contribution in [0, 0.1) is 0 Å². The summed E-state index contributed by atoms with van der Waals surface area (Å²) in [6.07, 6.45) is 93.1. The lowest BCUT2D eigenvalue weighted by atomic mass is 10.1. The Morgan fingerprint density at radius 2 is 0.494 bits per heavy atom. The van der Waals surface area contributed by atoms with E-state index in [1.807, 2.05) is 0 Å². The average molecular weight is 1090 g/mol. The highest BCUT2D eigenvalue weighted by Gasteiger charge is 2.19. The fourth-order valence-electron chi connectivity index (χ4n) is 8.72. The van der Waals surface area contributed by atoms with Gasteiger partial charge in [0.15, 0.2) is 6.10 Å². The van der Waals surface area contributed by atoms with Gasteiger partial charge in [0.05, 0.1) is 0 Å². The van der Waals surface area contributed by atoms with Crippen molar-refractivity contribution in [2.75, 3.05) is 13.2 Å². The van der Waals surface area contributed by atoms with Crippen LogP contribution in [0.1, 0.15) is 290 Å². The molecule has 0 aliphatic heterocycles. The van der Waals surface area contributed by atoms with Crippen LogP contribution in [0.3, 0.4) is 0 Å². The fourth-order valence-corrected chi connectivity index (χ4v) is 8.72. The van der Waals surface area contributed by atoms with Gasteiger partial charge in [-0.3, -0.25) is 14.4 Å². The lowest BCUT2D eigenvalue weighted by molar-refractivity contribution is -0.167.